The molecule has 0 unspecified atom stereocenters. The van der Waals surface area contributed by atoms with E-state index in [-0.39, 0.29) is 4.90 Å². The average molecular weight is 433 g/mol. The van der Waals surface area contributed by atoms with E-state index in [2.05, 4.69) is 31.9 Å². The molecule has 3 nitrogen and oxygen atoms in total. The SMILES string of the molecule is CCN(c1ccc(Br)c(C)c1)S(=O)(=O)c1ccc(Br)cc1. The van der Waals surface area contributed by atoms with E-state index in [1.54, 1.807) is 30.3 Å². The first kappa shape index (κ1) is 16.5. The number of hydrogen-bond acceptors (Lipinski definition) is 2. The topological polar surface area (TPSA) is 37.4 Å². The zero-order valence-electron chi connectivity index (χ0n) is 11.7. The van der Waals surface area contributed by atoms with Crippen LogP contribution in [-0.4, -0.2) is 15.0 Å². The Kier molecular flexibility index (Phi) is 5.11. The van der Waals surface area contributed by atoms with Gasteiger partial charge in [0.1, 0.15) is 0 Å². The lowest BCUT2D eigenvalue weighted by Crippen LogP contribution is -2.30. The molecule has 0 fully saturated rings. The third-order valence-corrected chi connectivity index (χ3v) is 6.45. The Bertz CT molecular complexity index is 743. The molecular weight excluding hydrogens is 418 g/mol. The molecule has 6 heteroatoms. The Hall–Kier alpha value is -0.850. The van der Waals surface area contributed by atoms with Crippen LogP contribution in [0, 0.1) is 6.92 Å². The highest BCUT2D eigenvalue weighted by Crippen LogP contribution is 2.28. The van der Waals surface area contributed by atoms with E-state index in [1.165, 1.54) is 4.31 Å². The van der Waals surface area contributed by atoms with Crippen molar-refractivity contribution in [3.05, 3.63) is 57.0 Å². The molecule has 2 rings (SSSR count). The zero-order valence-corrected chi connectivity index (χ0v) is 15.7. The Morgan fingerprint density at radius 2 is 1.67 bits per heavy atom. The van der Waals surface area contributed by atoms with Crippen molar-refractivity contribution in [1.29, 1.82) is 0 Å². The van der Waals surface area contributed by atoms with Gasteiger partial charge in [-0.05, 0) is 61.9 Å². The van der Waals surface area contributed by atoms with Gasteiger partial charge in [-0.2, -0.15) is 0 Å². The lowest BCUT2D eigenvalue weighted by atomic mass is 10.2. The summed E-state index contributed by atoms with van der Waals surface area (Å²) in [5, 5.41) is 0. The number of nitrogens with zero attached hydrogens (tertiary/aromatic N) is 1. The minimum atomic E-state index is -3.55. The third kappa shape index (κ3) is 3.49. The largest absolute Gasteiger partial charge is 0.267 e. The van der Waals surface area contributed by atoms with Crippen LogP contribution >= 0.6 is 31.9 Å². The molecule has 2 aromatic carbocycles. The maximum absolute atomic E-state index is 12.8. The van der Waals surface area contributed by atoms with Gasteiger partial charge in [0, 0.05) is 15.5 Å². The van der Waals surface area contributed by atoms with Gasteiger partial charge < -0.3 is 0 Å². The minimum Gasteiger partial charge on any atom is -0.267 e. The van der Waals surface area contributed by atoms with Crippen molar-refractivity contribution >= 4 is 47.6 Å². The molecule has 0 aliphatic heterocycles. The highest BCUT2D eigenvalue weighted by molar-refractivity contribution is 9.10. The van der Waals surface area contributed by atoms with Gasteiger partial charge in [-0.15, -0.1) is 0 Å². The second kappa shape index (κ2) is 6.50. The van der Waals surface area contributed by atoms with Gasteiger partial charge in [-0.25, -0.2) is 8.42 Å². The van der Waals surface area contributed by atoms with Crippen LogP contribution in [0.5, 0.6) is 0 Å². The molecule has 0 saturated heterocycles. The maximum atomic E-state index is 12.8. The Labute approximate surface area is 142 Å². The summed E-state index contributed by atoms with van der Waals surface area (Å²) in [5.74, 6) is 0. The molecule has 0 aromatic heterocycles. The lowest BCUT2D eigenvalue weighted by molar-refractivity contribution is 0.592. The molecule has 0 radical (unpaired) electrons. The van der Waals surface area contributed by atoms with Gasteiger partial charge in [0.25, 0.3) is 10.0 Å². The summed E-state index contributed by atoms with van der Waals surface area (Å²) in [5.41, 5.74) is 1.66. The summed E-state index contributed by atoms with van der Waals surface area (Å²) in [7, 11) is -3.55. The van der Waals surface area contributed by atoms with E-state index in [4.69, 9.17) is 0 Å². The molecule has 21 heavy (non-hydrogen) atoms. The van der Waals surface area contributed by atoms with Gasteiger partial charge in [-0.3, -0.25) is 4.31 Å². The molecular formula is C15H15Br2NO2S. The molecule has 0 saturated carbocycles. The van der Waals surface area contributed by atoms with Crippen molar-refractivity contribution in [2.45, 2.75) is 18.7 Å². The molecule has 0 bridgehead atoms. The summed E-state index contributed by atoms with van der Waals surface area (Å²) >= 11 is 6.75. The predicted molar refractivity (Wildman–Crippen MR) is 93.2 cm³/mol. The van der Waals surface area contributed by atoms with Crippen LogP contribution in [0.3, 0.4) is 0 Å². The van der Waals surface area contributed by atoms with E-state index < -0.39 is 10.0 Å². The Balaban J connectivity index is 2.48. The summed E-state index contributed by atoms with van der Waals surface area (Å²) in [6.45, 7) is 4.14. The quantitative estimate of drug-likeness (QED) is 0.699. The number of halogens is 2. The monoisotopic (exact) mass is 431 g/mol. The summed E-state index contributed by atoms with van der Waals surface area (Å²) in [4.78, 5) is 0.285. The van der Waals surface area contributed by atoms with Gasteiger partial charge in [0.05, 0.1) is 10.6 Å². The number of benzene rings is 2. The van der Waals surface area contributed by atoms with Crippen LogP contribution < -0.4 is 4.31 Å². The molecule has 0 N–H and O–H groups in total. The van der Waals surface area contributed by atoms with Gasteiger partial charge in [-0.1, -0.05) is 31.9 Å². The molecule has 112 valence electrons. The van der Waals surface area contributed by atoms with Crippen LogP contribution in [0.1, 0.15) is 12.5 Å². The number of anilines is 1. The van der Waals surface area contributed by atoms with Gasteiger partial charge >= 0.3 is 0 Å². The molecule has 0 amide bonds. The summed E-state index contributed by atoms with van der Waals surface area (Å²) < 4.78 is 28.8. The van der Waals surface area contributed by atoms with E-state index in [9.17, 15) is 8.42 Å². The van der Waals surface area contributed by atoms with Crippen LogP contribution in [-0.2, 0) is 10.0 Å². The van der Waals surface area contributed by atoms with E-state index >= 15 is 0 Å². The second-order valence-corrected chi connectivity index (χ2v) is 8.19. The number of hydrogen-bond donors (Lipinski definition) is 0. The predicted octanol–water partition coefficient (Wildman–Crippen LogP) is 4.74. The first-order valence-corrected chi connectivity index (χ1v) is 9.43. The van der Waals surface area contributed by atoms with Crippen LogP contribution in [0.4, 0.5) is 5.69 Å². The Morgan fingerprint density at radius 3 is 2.19 bits per heavy atom. The maximum Gasteiger partial charge on any atom is 0.264 e. The summed E-state index contributed by atoms with van der Waals surface area (Å²) in [6, 6.07) is 12.2. The Morgan fingerprint density at radius 1 is 1.05 bits per heavy atom. The van der Waals surface area contributed by atoms with Crippen LogP contribution in [0.25, 0.3) is 0 Å². The first-order valence-electron chi connectivity index (χ1n) is 6.40. The number of sulfonamides is 1. The van der Waals surface area contributed by atoms with E-state index in [1.807, 2.05) is 26.0 Å². The fourth-order valence-corrected chi connectivity index (χ4v) is 3.99. The van der Waals surface area contributed by atoms with Crippen molar-refractivity contribution in [3.8, 4) is 0 Å². The summed E-state index contributed by atoms with van der Waals surface area (Å²) in [6.07, 6.45) is 0. The van der Waals surface area contributed by atoms with Crippen molar-refractivity contribution in [2.75, 3.05) is 10.8 Å². The first-order chi connectivity index (χ1) is 9.86. The highest BCUT2D eigenvalue weighted by atomic mass is 79.9. The van der Waals surface area contributed by atoms with Gasteiger partial charge in [0.2, 0.25) is 0 Å². The standard InChI is InChI=1S/C15H15Br2NO2S/c1-3-18(13-6-9-15(17)11(2)10-13)21(19,20)14-7-4-12(16)5-8-14/h4-10H,3H2,1-2H3. The third-order valence-electron chi connectivity index (χ3n) is 3.12. The lowest BCUT2D eigenvalue weighted by Gasteiger charge is -2.23. The normalized spacial score (nSPS) is 11.4. The second-order valence-electron chi connectivity index (χ2n) is 4.56. The van der Waals surface area contributed by atoms with E-state index in [0.717, 1.165) is 14.5 Å². The van der Waals surface area contributed by atoms with E-state index in [0.29, 0.717) is 12.2 Å². The fourth-order valence-electron chi connectivity index (χ4n) is 2.01. The van der Waals surface area contributed by atoms with Gasteiger partial charge in [0.15, 0.2) is 0 Å². The fraction of sp³-hybridized carbons (Fsp3) is 0.200. The van der Waals surface area contributed by atoms with Crippen LogP contribution in [0.2, 0.25) is 0 Å². The molecule has 2 aromatic rings. The molecule has 0 heterocycles. The molecule has 0 spiro atoms. The number of rotatable bonds is 4. The molecule has 0 aliphatic carbocycles. The number of aryl methyl sites for hydroxylation is 1. The average Bonchev–Trinajstić information content (AvgIpc) is 2.44. The van der Waals surface area contributed by atoms with Crippen molar-refractivity contribution < 1.29 is 8.42 Å². The molecule has 0 aliphatic rings. The van der Waals surface area contributed by atoms with Crippen molar-refractivity contribution in [2.24, 2.45) is 0 Å². The molecule has 0 atom stereocenters. The van der Waals surface area contributed by atoms with Crippen molar-refractivity contribution in [1.82, 2.24) is 0 Å². The zero-order chi connectivity index (χ0) is 15.6. The van der Waals surface area contributed by atoms with Crippen molar-refractivity contribution in [3.63, 3.8) is 0 Å². The highest BCUT2D eigenvalue weighted by Gasteiger charge is 2.23. The van der Waals surface area contributed by atoms with Crippen LogP contribution in [0.15, 0.2) is 56.3 Å². The smallest absolute Gasteiger partial charge is 0.264 e. The minimum absolute atomic E-state index is 0.285.